The van der Waals surface area contributed by atoms with Crippen molar-refractivity contribution in [3.63, 3.8) is 0 Å². The van der Waals surface area contributed by atoms with Crippen LogP contribution in [0.4, 0.5) is 0 Å². The van der Waals surface area contributed by atoms with Gasteiger partial charge in [-0.25, -0.2) is 0 Å². The zero-order valence-electron chi connectivity index (χ0n) is 15.6. The maximum Gasteiger partial charge on any atom is 0.224 e. The molecular weight excluding hydrogens is 324 g/mol. The van der Waals surface area contributed by atoms with Crippen LogP contribution in [0.2, 0.25) is 0 Å². The molecule has 4 nitrogen and oxygen atoms in total. The molecule has 0 spiro atoms. The van der Waals surface area contributed by atoms with Crippen LogP contribution in [0.15, 0.2) is 66.7 Å². The molecule has 0 fully saturated rings. The monoisotopic (exact) mass is 350 g/mol. The summed E-state index contributed by atoms with van der Waals surface area (Å²) in [6.45, 7) is 5.57. The minimum absolute atomic E-state index is 0.0539. The van der Waals surface area contributed by atoms with E-state index in [1.807, 2.05) is 87.5 Å². The van der Waals surface area contributed by atoms with Crippen LogP contribution in [0.3, 0.4) is 0 Å². The van der Waals surface area contributed by atoms with Gasteiger partial charge in [0, 0.05) is 18.5 Å². The Kier molecular flexibility index (Phi) is 6.73. The fourth-order valence-corrected chi connectivity index (χ4v) is 2.69. The number of amides is 2. The first-order chi connectivity index (χ1) is 12.5. The van der Waals surface area contributed by atoms with Gasteiger partial charge in [0.2, 0.25) is 11.8 Å². The van der Waals surface area contributed by atoms with E-state index in [1.54, 1.807) is 0 Å². The van der Waals surface area contributed by atoms with Crippen LogP contribution in [0.1, 0.15) is 44.7 Å². The molecule has 0 aliphatic carbocycles. The summed E-state index contributed by atoms with van der Waals surface area (Å²) in [5, 5.41) is 6.05. The number of hydrogen-bond acceptors (Lipinski definition) is 2. The summed E-state index contributed by atoms with van der Waals surface area (Å²) in [5.74, 6) is -0.126. The molecule has 1 atom stereocenters. The lowest BCUT2D eigenvalue weighted by atomic mass is 9.89. The van der Waals surface area contributed by atoms with Crippen LogP contribution < -0.4 is 10.6 Å². The summed E-state index contributed by atoms with van der Waals surface area (Å²) >= 11 is 0. The third-order valence-corrected chi connectivity index (χ3v) is 4.21. The summed E-state index contributed by atoms with van der Waals surface area (Å²) in [7, 11) is 0. The van der Waals surface area contributed by atoms with Gasteiger partial charge in [-0.2, -0.15) is 0 Å². The molecule has 0 saturated carbocycles. The average molecular weight is 350 g/mol. The van der Waals surface area contributed by atoms with Gasteiger partial charge in [-0.05, 0) is 24.1 Å². The predicted octanol–water partition coefficient (Wildman–Crippen LogP) is 4.00. The van der Waals surface area contributed by atoms with E-state index >= 15 is 0 Å². The maximum atomic E-state index is 12.2. The van der Waals surface area contributed by atoms with Crippen LogP contribution in [0, 0.1) is 0 Å². The number of carbonyl (C=O) groups excluding carboxylic acids is 2. The van der Waals surface area contributed by atoms with Gasteiger partial charge in [0.1, 0.15) is 0 Å². The van der Waals surface area contributed by atoms with Crippen LogP contribution >= 0.6 is 0 Å². The molecule has 0 aliphatic rings. The first-order valence-corrected chi connectivity index (χ1v) is 8.93. The van der Waals surface area contributed by atoms with Crippen molar-refractivity contribution in [2.75, 3.05) is 0 Å². The molecule has 2 aromatic carbocycles. The molecule has 0 radical (unpaired) electrons. The predicted molar refractivity (Wildman–Crippen MR) is 105 cm³/mol. The largest absolute Gasteiger partial charge is 0.343 e. The van der Waals surface area contributed by atoms with Crippen LogP contribution in [-0.2, 0) is 15.1 Å². The molecule has 1 unspecified atom stereocenters. The zero-order valence-corrected chi connectivity index (χ0v) is 15.6. The van der Waals surface area contributed by atoms with Gasteiger partial charge >= 0.3 is 0 Å². The highest BCUT2D eigenvalue weighted by molar-refractivity contribution is 5.87. The summed E-state index contributed by atoms with van der Waals surface area (Å²) < 4.78 is 0. The number of benzene rings is 2. The number of carbonyl (C=O) groups is 2. The standard InChI is InChI=1S/C22H26N2O2/c1-4-20(25)23-19(17-12-8-6-9-13-17)16-22(3,24-21(26)5-2)18-14-10-7-11-15-18/h6-16H,4-5H2,1-3H3,(H,23,25)(H,24,26)/b19-16+. The highest BCUT2D eigenvalue weighted by Gasteiger charge is 2.27. The Hall–Kier alpha value is -2.88. The molecule has 2 amide bonds. The lowest BCUT2D eigenvalue weighted by Gasteiger charge is -2.30. The van der Waals surface area contributed by atoms with Gasteiger partial charge in [-0.3, -0.25) is 9.59 Å². The van der Waals surface area contributed by atoms with Gasteiger partial charge in [0.15, 0.2) is 0 Å². The Bertz CT molecular complexity index is 769. The molecular formula is C22H26N2O2. The van der Waals surface area contributed by atoms with E-state index in [9.17, 15) is 9.59 Å². The van der Waals surface area contributed by atoms with Gasteiger partial charge in [0.25, 0.3) is 0 Å². The Balaban J connectivity index is 2.55. The third-order valence-electron chi connectivity index (χ3n) is 4.21. The summed E-state index contributed by atoms with van der Waals surface area (Å²) in [4.78, 5) is 24.2. The molecule has 26 heavy (non-hydrogen) atoms. The highest BCUT2D eigenvalue weighted by Crippen LogP contribution is 2.26. The normalized spacial score (nSPS) is 13.6. The van der Waals surface area contributed by atoms with Gasteiger partial charge < -0.3 is 10.6 Å². The molecule has 136 valence electrons. The van der Waals surface area contributed by atoms with Crippen molar-refractivity contribution in [3.8, 4) is 0 Å². The second-order valence-corrected chi connectivity index (χ2v) is 6.30. The maximum absolute atomic E-state index is 12.2. The third kappa shape index (κ3) is 5.06. The van der Waals surface area contributed by atoms with Crippen LogP contribution in [0.5, 0.6) is 0 Å². The van der Waals surface area contributed by atoms with Crippen molar-refractivity contribution in [2.45, 2.75) is 39.2 Å². The van der Waals surface area contributed by atoms with Gasteiger partial charge in [-0.15, -0.1) is 0 Å². The van der Waals surface area contributed by atoms with Crippen molar-refractivity contribution < 1.29 is 9.59 Å². The number of nitrogens with one attached hydrogen (secondary N) is 2. The molecule has 4 heteroatoms. The lowest BCUT2D eigenvalue weighted by molar-refractivity contribution is -0.122. The minimum Gasteiger partial charge on any atom is -0.343 e. The topological polar surface area (TPSA) is 58.2 Å². The molecule has 2 aromatic rings. The zero-order chi connectivity index (χ0) is 19.0. The van der Waals surface area contributed by atoms with E-state index in [2.05, 4.69) is 10.6 Å². The Morgan fingerprint density at radius 2 is 1.42 bits per heavy atom. The molecule has 0 aromatic heterocycles. The van der Waals surface area contributed by atoms with Gasteiger partial charge in [0.05, 0.1) is 5.54 Å². The SMILES string of the molecule is CCC(=O)N/C(=C/C(C)(NC(=O)CC)c1ccccc1)c1ccccc1. The van der Waals surface area contributed by atoms with E-state index in [-0.39, 0.29) is 11.8 Å². The fraction of sp³-hybridized carbons (Fsp3) is 0.273. The van der Waals surface area contributed by atoms with Gasteiger partial charge in [-0.1, -0.05) is 74.5 Å². The van der Waals surface area contributed by atoms with Crippen LogP contribution in [-0.4, -0.2) is 11.8 Å². The average Bonchev–Trinajstić information content (AvgIpc) is 2.68. The Morgan fingerprint density at radius 1 is 0.885 bits per heavy atom. The lowest BCUT2D eigenvalue weighted by Crippen LogP contribution is -2.42. The van der Waals surface area contributed by atoms with E-state index in [4.69, 9.17) is 0 Å². The van der Waals surface area contributed by atoms with E-state index < -0.39 is 5.54 Å². The van der Waals surface area contributed by atoms with E-state index in [0.29, 0.717) is 18.5 Å². The van der Waals surface area contributed by atoms with Crippen molar-refractivity contribution in [2.24, 2.45) is 0 Å². The fourth-order valence-electron chi connectivity index (χ4n) is 2.69. The first kappa shape index (κ1) is 19.4. The van der Waals surface area contributed by atoms with E-state index in [0.717, 1.165) is 11.1 Å². The van der Waals surface area contributed by atoms with Crippen molar-refractivity contribution in [1.29, 1.82) is 0 Å². The van der Waals surface area contributed by atoms with Crippen molar-refractivity contribution >= 4 is 17.5 Å². The Morgan fingerprint density at radius 3 is 1.96 bits per heavy atom. The summed E-state index contributed by atoms with van der Waals surface area (Å²) in [5.41, 5.74) is 1.77. The molecule has 2 rings (SSSR count). The number of hydrogen-bond donors (Lipinski definition) is 2. The minimum atomic E-state index is -0.749. The number of rotatable bonds is 7. The quantitative estimate of drug-likeness (QED) is 0.793. The summed E-state index contributed by atoms with van der Waals surface area (Å²) in [6.07, 6.45) is 2.69. The molecule has 0 aliphatic heterocycles. The van der Waals surface area contributed by atoms with E-state index in [1.165, 1.54) is 0 Å². The van der Waals surface area contributed by atoms with Crippen molar-refractivity contribution in [1.82, 2.24) is 10.6 Å². The van der Waals surface area contributed by atoms with Crippen LogP contribution in [0.25, 0.3) is 5.70 Å². The molecule has 2 N–H and O–H groups in total. The molecule has 0 heterocycles. The Labute approximate surface area is 155 Å². The highest BCUT2D eigenvalue weighted by atomic mass is 16.2. The van der Waals surface area contributed by atoms with Crippen molar-refractivity contribution in [3.05, 3.63) is 77.9 Å². The second kappa shape index (κ2) is 8.99. The molecule has 0 bridgehead atoms. The smallest absolute Gasteiger partial charge is 0.224 e. The molecule has 0 saturated heterocycles. The summed E-state index contributed by atoms with van der Waals surface area (Å²) in [6, 6.07) is 19.4. The second-order valence-electron chi connectivity index (χ2n) is 6.30. The first-order valence-electron chi connectivity index (χ1n) is 8.93.